The molecule has 2 heterocycles. The van der Waals surface area contributed by atoms with E-state index >= 15 is 0 Å². The summed E-state index contributed by atoms with van der Waals surface area (Å²) in [7, 11) is 0. The van der Waals surface area contributed by atoms with Crippen LogP contribution < -0.4 is 0 Å². The van der Waals surface area contributed by atoms with E-state index in [9.17, 15) is 9.59 Å². The van der Waals surface area contributed by atoms with Crippen molar-refractivity contribution in [3.05, 3.63) is 65.6 Å². The van der Waals surface area contributed by atoms with Gasteiger partial charge in [0.05, 0.1) is 11.8 Å². The zero-order valence-corrected chi connectivity index (χ0v) is 10.3. The first-order chi connectivity index (χ1) is 9.58. The van der Waals surface area contributed by atoms with Crippen molar-refractivity contribution in [2.45, 2.75) is 6.42 Å². The van der Waals surface area contributed by atoms with Gasteiger partial charge in [-0.15, -0.1) is 0 Å². The number of pyridine rings is 1. The number of aromatic nitrogens is 1. The fourth-order valence-corrected chi connectivity index (χ4v) is 1.63. The molecule has 2 rings (SSSR count). The number of hydrogen-bond donors (Lipinski definition) is 2. The van der Waals surface area contributed by atoms with Gasteiger partial charge in [0, 0.05) is 24.4 Å². The van der Waals surface area contributed by atoms with Gasteiger partial charge in [0.25, 0.3) is 0 Å². The van der Waals surface area contributed by atoms with Gasteiger partial charge in [-0.2, -0.15) is 0 Å². The Labute approximate surface area is 114 Å². The minimum Gasteiger partial charge on any atom is -0.502 e. The fourth-order valence-electron chi connectivity index (χ4n) is 1.63. The van der Waals surface area contributed by atoms with E-state index in [1.807, 2.05) is 6.07 Å². The Morgan fingerprint density at radius 1 is 1.25 bits per heavy atom. The quantitative estimate of drug-likeness (QED) is 0.490. The molecule has 0 aromatic carbocycles. The maximum Gasteiger partial charge on any atom is 0.371 e. The molecule has 0 bridgehead atoms. The number of carbonyl (C=O) groups excluding carboxylic acids is 1. The number of furan rings is 1. The second-order valence-electron chi connectivity index (χ2n) is 3.95. The Kier molecular flexibility index (Phi) is 3.95. The molecule has 0 fully saturated rings. The van der Waals surface area contributed by atoms with E-state index in [-0.39, 0.29) is 5.56 Å². The van der Waals surface area contributed by atoms with Gasteiger partial charge in [0.1, 0.15) is 5.76 Å². The minimum absolute atomic E-state index is 0.198. The number of ketones is 1. The third-order valence-corrected chi connectivity index (χ3v) is 2.57. The monoisotopic (exact) mass is 273 g/mol. The van der Waals surface area contributed by atoms with Crippen LogP contribution >= 0.6 is 0 Å². The van der Waals surface area contributed by atoms with Gasteiger partial charge < -0.3 is 14.6 Å². The third kappa shape index (κ3) is 3.11. The molecule has 0 amide bonds. The van der Waals surface area contributed by atoms with E-state index in [0.29, 0.717) is 24.0 Å². The standard InChI is InChI=1S/C14H11NO5/c16-11(8-12(17)14(18)19)10-4-6-20-13(10)7-9-3-1-2-5-15-9/h1-6,8,17H,7H2,(H,18,19)/b12-8-. The summed E-state index contributed by atoms with van der Waals surface area (Å²) in [6.07, 6.45) is 3.90. The van der Waals surface area contributed by atoms with Crippen molar-refractivity contribution < 1.29 is 24.2 Å². The number of hydrogen-bond acceptors (Lipinski definition) is 5. The molecule has 2 aromatic heterocycles. The summed E-state index contributed by atoms with van der Waals surface area (Å²) in [5.41, 5.74) is 0.909. The molecule has 0 radical (unpaired) electrons. The highest BCUT2D eigenvalue weighted by Crippen LogP contribution is 2.16. The Balaban J connectivity index is 2.23. The average molecular weight is 273 g/mol. The van der Waals surface area contributed by atoms with Crippen LogP contribution in [0.2, 0.25) is 0 Å². The Morgan fingerprint density at radius 3 is 2.70 bits per heavy atom. The second kappa shape index (κ2) is 5.83. The molecule has 102 valence electrons. The normalized spacial score (nSPS) is 11.3. The van der Waals surface area contributed by atoms with E-state index in [4.69, 9.17) is 14.6 Å². The molecule has 0 saturated carbocycles. The average Bonchev–Trinajstić information content (AvgIpc) is 2.88. The molecule has 0 aliphatic heterocycles. The zero-order chi connectivity index (χ0) is 14.5. The lowest BCUT2D eigenvalue weighted by Crippen LogP contribution is -2.05. The Morgan fingerprint density at radius 2 is 2.05 bits per heavy atom. The number of aliphatic hydroxyl groups excluding tert-OH is 1. The molecule has 6 heteroatoms. The van der Waals surface area contributed by atoms with E-state index in [1.54, 1.807) is 18.3 Å². The molecule has 0 spiro atoms. The van der Waals surface area contributed by atoms with Crippen molar-refractivity contribution >= 4 is 11.8 Å². The number of rotatable bonds is 5. The number of carboxylic acid groups (broad SMARTS) is 1. The predicted octanol–water partition coefficient (Wildman–Crippen LogP) is 1.97. The number of aliphatic carboxylic acids is 1. The van der Waals surface area contributed by atoms with Gasteiger partial charge in [-0.25, -0.2) is 4.79 Å². The first-order valence-corrected chi connectivity index (χ1v) is 5.72. The molecule has 6 nitrogen and oxygen atoms in total. The largest absolute Gasteiger partial charge is 0.502 e. The van der Waals surface area contributed by atoms with Gasteiger partial charge >= 0.3 is 5.97 Å². The highest BCUT2D eigenvalue weighted by molar-refractivity contribution is 6.08. The zero-order valence-electron chi connectivity index (χ0n) is 10.3. The highest BCUT2D eigenvalue weighted by atomic mass is 16.4. The van der Waals surface area contributed by atoms with Gasteiger partial charge in [-0.05, 0) is 18.2 Å². The molecule has 2 N–H and O–H groups in total. The summed E-state index contributed by atoms with van der Waals surface area (Å²) in [6.45, 7) is 0. The molecule has 0 unspecified atom stereocenters. The summed E-state index contributed by atoms with van der Waals surface area (Å²) in [6, 6.07) is 6.78. The van der Waals surface area contributed by atoms with Crippen molar-refractivity contribution in [1.82, 2.24) is 4.98 Å². The number of aliphatic hydroxyl groups is 1. The smallest absolute Gasteiger partial charge is 0.371 e. The summed E-state index contributed by atoms with van der Waals surface area (Å²) >= 11 is 0. The SMILES string of the molecule is O=C(O)/C(O)=C/C(=O)c1ccoc1Cc1ccccn1. The van der Waals surface area contributed by atoms with Crippen molar-refractivity contribution in [3.8, 4) is 0 Å². The van der Waals surface area contributed by atoms with Crippen LogP contribution in [-0.4, -0.2) is 26.9 Å². The Bertz CT molecular complexity index is 657. The van der Waals surface area contributed by atoms with Crippen LogP contribution in [0.1, 0.15) is 21.8 Å². The van der Waals surface area contributed by atoms with Crippen molar-refractivity contribution in [2.75, 3.05) is 0 Å². The second-order valence-corrected chi connectivity index (χ2v) is 3.95. The maximum atomic E-state index is 11.9. The molecule has 20 heavy (non-hydrogen) atoms. The van der Waals surface area contributed by atoms with Gasteiger partial charge in [0.15, 0.2) is 5.78 Å². The lowest BCUT2D eigenvalue weighted by molar-refractivity contribution is -0.135. The molecule has 0 atom stereocenters. The number of carboxylic acids is 1. The molecule has 0 aliphatic carbocycles. The van der Waals surface area contributed by atoms with Crippen molar-refractivity contribution in [2.24, 2.45) is 0 Å². The van der Waals surface area contributed by atoms with Gasteiger partial charge in [0.2, 0.25) is 5.76 Å². The lowest BCUT2D eigenvalue weighted by Gasteiger charge is -2.00. The summed E-state index contributed by atoms with van der Waals surface area (Å²) in [5.74, 6) is -2.85. The van der Waals surface area contributed by atoms with Crippen LogP contribution in [0.4, 0.5) is 0 Å². The fraction of sp³-hybridized carbons (Fsp3) is 0.0714. The van der Waals surface area contributed by atoms with Gasteiger partial charge in [-0.1, -0.05) is 6.07 Å². The number of carbonyl (C=O) groups is 2. The van der Waals surface area contributed by atoms with Crippen LogP contribution in [0.25, 0.3) is 0 Å². The molecule has 0 aliphatic rings. The summed E-state index contributed by atoms with van der Waals surface area (Å²) in [5, 5.41) is 17.6. The number of nitrogens with zero attached hydrogens (tertiary/aromatic N) is 1. The van der Waals surface area contributed by atoms with Crippen LogP contribution in [0.5, 0.6) is 0 Å². The topological polar surface area (TPSA) is 101 Å². The molecule has 2 aromatic rings. The molecular formula is C14H11NO5. The van der Waals surface area contributed by atoms with Crippen LogP contribution in [0.3, 0.4) is 0 Å². The van der Waals surface area contributed by atoms with Crippen LogP contribution in [-0.2, 0) is 11.2 Å². The molecular weight excluding hydrogens is 262 g/mol. The summed E-state index contributed by atoms with van der Waals surface area (Å²) in [4.78, 5) is 26.4. The van der Waals surface area contributed by atoms with E-state index in [1.165, 1.54) is 12.3 Å². The van der Waals surface area contributed by atoms with Crippen LogP contribution in [0.15, 0.2) is 53.0 Å². The highest BCUT2D eigenvalue weighted by Gasteiger charge is 2.16. The maximum absolute atomic E-state index is 11.9. The van der Waals surface area contributed by atoms with E-state index in [2.05, 4.69) is 4.98 Å². The van der Waals surface area contributed by atoms with Gasteiger partial charge in [-0.3, -0.25) is 9.78 Å². The minimum atomic E-state index is -1.56. The molecule has 0 saturated heterocycles. The van der Waals surface area contributed by atoms with E-state index < -0.39 is 17.5 Å². The third-order valence-electron chi connectivity index (χ3n) is 2.57. The van der Waals surface area contributed by atoms with Crippen LogP contribution in [0, 0.1) is 0 Å². The van der Waals surface area contributed by atoms with Crippen molar-refractivity contribution in [1.29, 1.82) is 0 Å². The Hall–Kier alpha value is -2.89. The first kappa shape index (κ1) is 13.5. The summed E-state index contributed by atoms with van der Waals surface area (Å²) < 4.78 is 5.21. The number of allylic oxidation sites excluding steroid dienone is 1. The van der Waals surface area contributed by atoms with Crippen molar-refractivity contribution in [3.63, 3.8) is 0 Å². The first-order valence-electron chi connectivity index (χ1n) is 5.72. The predicted molar refractivity (Wildman–Crippen MR) is 68.4 cm³/mol. The lowest BCUT2D eigenvalue weighted by atomic mass is 10.1. The van der Waals surface area contributed by atoms with E-state index in [0.717, 1.165) is 0 Å².